The van der Waals surface area contributed by atoms with E-state index in [9.17, 15) is 4.79 Å². The van der Waals surface area contributed by atoms with Crippen LogP contribution in [-0.2, 0) is 0 Å². The first-order valence-electron chi connectivity index (χ1n) is 4.72. The quantitative estimate of drug-likeness (QED) is 0.755. The number of aromatic nitrogens is 2. The first-order chi connectivity index (χ1) is 7.25. The minimum absolute atomic E-state index is 0.192. The smallest absolute Gasteiger partial charge is 0.271 e. The van der Waals surface area contributed by atoms with Crippen molar-refractivity contribution in [2.24, 2.45) is 0 Å². The Hall–Kier alpha value is -1.30. The van der Waals surface area contributed by atoms with Gasteiger partial charge < -0.3 is 11.1 Å². The number of nitrogens with zero attached hydrogens (tertiary/aromatic N) is 2. The predicted molar refractivity (Wildman–Crippen MR) is 59.6 cm³/mol. The fourth-order valence-corrected chi connectivity index (χ4v) is 2.55. The predicted octanol–water partition coefficient (Wildman–Crippen LogP) is 0.294. The van der Waals surface area contributed by atoms with Crippen molar-refractivity contribution in [3.8, 4) is 0 Å². The molecule has 1 atom stereocenters. The van der Waals surface area contributed by atoms with Crippen LogP contribution in [0, 0.1) is 0 Å². The minimum atomic E-state index is -0.192. The summed E-state index contributed by atoms with van der Waals surface area (Å²) in [7, 11) is 0. The van der Waals surface area contributed by atoms with Gasteiger partial charge in [-0.15, -0.1) is 0 Å². The molecule has 0 aliphatic carbocycles. The van der Waals surface area contributed by atoms with Crippen LogP contribution in [0.2, 0.25) is 0 Å². The van der Waals surface area contributed by atoms with Crippen LogP contribution in [0.1, 0.15) is 16.9 Å². The van der Waals surface area contributed by atoms with E-state index in [-0.39, 0.29) is 23.5 Å². The molecule has 2 rings (SSSR count). The number of nitrogens with two attached hydrogens (primary N) is 1. The first-order valence-corrected chi connectivity index (χ1v) is 5.87. The largest absolute Gasteiger partial charge is 0.382 e. The number of nitrogen functional groups attached to an aromatic ring is 1. The fraction of sp³-hybridized carbons (Fsp3) is 0.444. The molecule has 1 aliphatic heterocycles. The van der Waals surface area contributed by atoms with E-state index < -0.39 is 0 Å². The maximum Gasteiger partial charge on any atom is 0.271 e. The van der Waals surface area contributed by atoms with Gasteiger partial charge in [-0.1, -0.05) is 0 Å². The van der Waals surface area contributed by atoms with Crippen molar-refractivity contribution in [1.29, 1.82) is 0 Å². The van der Waals surface area contributed by atoms with E-state index in [1.165, 1.54) is 12.4 Å². The Kier molecular flexibility index (Phi) is 3.05. The standard InChI is InChI=1S/C9H12N4OS/c10-8-4-11-3-7(13-8)9(14)12-6-1-2-15-5-6/h3-4,6H,1-2,5H2,(H2,10,13)(H,12,14). The van der Waals surface area contributed by atoms with E-state index in [0.29, 0.717) is 0 Å². The molecule has 5 nitrogen and oxygen atoms in total. The third-order valence-electron chi connectivity index (χ3n) is 2.15. The summed E-state index contributed by atoms with van der Waals surface area (Å²) in [6, 6.07) is 0.255. The van der Waals surface area contributed by atoms with Gasteiger partial charge in [-0.25, -0.2) is 4.98 Å². The second kappa shape index (κ2) is 4.48. The topological polar surface area (TPSA) is 80.9 Å². The second-order valence-electron chi connectivity index (χ2n) is 3.36. The number of hydrogen-bond acceptors (Lipinski definition) is 5. The van der Waals surface area contributed by atoms with Crippen LogP contribution in [0.4, 0.5) is 5.82 Å². The van der Waals surface area contributed by atoms with Crippen molar-refractivity contribution in [3.05, 3.63) is 18.1 Å². The molecular weight excluding hydrogens is 212 g/mol. The molecule has 1 aromatic heterocycles. The SMILES string of the molecule is Nc1cncc(C(=O)NC2CCSC2)n1. The molecule has 1 amide bonds. The lowest BCUT2D eigenvalue weighted by atomic mass is 10.2. The molecule has 1 aliphatic rings. The number of carbonyl (C=O) groups is 1. The molecule has 1 unspecified atom stereocenters. The van der Waals surface area contributed by atoms with Gasteiger partial charge in [0.1, 0.15) is 11.5 Å². The summed E-state index contributed by atoms with van der Waals surface area (Å²) < 4.78 is 0. The Bertz CT molecular complexity index is 365. The summed E-state index contributed by atoms with van der Waals surface area (Å²) in [6.45, 7) is 0. The van der Waals surface area contributed by atoms with E-state index in [0.717, 1.165) is 17.9 Å². The minimum Gasteiger partial charge on any atom is -0.382 e. The van der Waals surface area contributed by atoms with Crippen LogP contribution in [0.3, 0.4) is 0 Å². The highest BCUT2D eigenvalue weighted by atomic mass is 32.2. The highest BCUT2D eigenvalue weighted by Crippen LogP contribution is 2.17. The van der Waals surface area contributed by atoms with Gasteiger partial charge in [0.2, 0.25) is 0 Å². The highest BCUT2D eigenvalue weighted by molar-refractivity contribution is 7.99. The van der Waals surface area contributed by atoms with E-state index in [1.54, 1.807) is 0 Å². The van der Waals surface area contributed by atoms with Crippen LogP contribution in [0.25, 0.3) is 0 Å². The van der Waals surface area contributed by atoms with Crippen LogP contribution in [-0.4, -0.2) is 33.4 Å². The Morgan fingerprint density at radius 3 is 3.13 bits per heavy atom. The maximum atomic E-state index is 11.7. The number of hydrogen-bond donors (Lipinski definition) is 2. The number of amides is 1. The first kappa shape index (κ1) is 10.2. The van der Waals surface area contributed by atoms with Crippen molar-refractivity contribution in [1.82, 2.24) is 15.3 Å². The van der Waals surface area contributed by atoms with Crippen LogP contribution in [0.5, 0.6) is 0 Å². The second-order valence-corrected chi connectivity index (χ2v) is 4.51. The van der Waals surface area contributed by atoms with Crippen LogP contribution < -0.4 is 11.1 Å². The molecule has 0 bridgehead atoms. The van der Waals surface area contributed by atoms with Gasteiger partial charge in [-0.2, -0.15) is 11.8 Å². The van der Waals surface area contributed by atoms with E-state index in [1.807, 2.05) is 11.8 Å². The van der Waals surface area contributed by atoms with E-state index in [4.69, 9.17) is 5.73 Å². The number of anilines is 1. The Morgan fingerprint density at radius 1 is 1.60 bits per heavy atom. The zero-order chi connectivity index (χ0) is 10.7. The third kappa shape index (κ3) is 2.59. The molecule has 0 saturated carbocycles. The lowest BCUT2D eigenvalue weighted by Crippen LogP contribution is -2.35. The molecule has 1 saturated heterocycles. The normalized spacial score (nSPS) is 20.1. The van der Waals surface area contributed by atoms with Gasteiger partial charge in [-0.05, 0) is 12.2 Å². The van der Waals surface area contributed by atoms with Crippen molar-refractivity contribution in [3.63, 3.8) is 0 Å². The summed E-state index contributed by atoms with van der Waals surface area (Å²) in [6.07, 6.45) is 3.86. The molecule has 80 valence electrons. The van der Waals surface area contributed by atoms with Gasteiger partial charge >= 0.3 is 0 Å². The molecule has 1 aromatic rings. The third-order valence-corrected chi connectivity index (χ3v) is 3.31. The van der Waals surface area contributed by atoms with Crippen LogP contribution >= 0.6 is 11.8 Å². The van der Waals surface area contributed by atoms with Crippen molar-refractivity contribution in [2.75, 3.05) is 17.2 Å². The maximum absolute atomic E-state index is 11.7. The molecule has 0 aromatic carbocycles. The van der Waals surface area contributed by atoms with Gasteiger partial charge in [0.25, 0.3) is 5.91 Å². The Labute approximate surface area is 91.9 Å². The Balaban J connectivity index is 2.01. The molecule has 3 N–H and O–H groups in total. The molecule has 0 spiro atoms. The van der Waals surface area contributed by atoms with Crippen LogP contribution in [0.15, 0.2) is 12.4 Å². The average molecular weight is 224 g/mol. The van der Waals surface area contributed by atoms with Crippen molar-refractivity contribution in [2.45, 2.75) is 12.5 Å². The van der Waals surface area contributed by atoms with Gasteiger partial charge in [-0.3, -0.25) is 9.78 Å². The number of thioether (sulfide) groups is 1. The molecule has 6 heteroatoms. The monoisotopic (exact) mass is 224 g/mol. The molecule has 1 fully saturated rings. The lowest BCUT2D eigenvalue weighted by molar-refractivity contribution is 0.0936. The number of carbonyl (C=O) groups excluding carboxylic acids is 1. The van der Waals surface area contributed by atoms with Gasteiger partial charge in [0, 0.05) is 11.8 Å². The highest BCUT2D eigenvalue weighted by Gasteiger charge is 2.19. The molecule has 2 heterocycles. The zero-order valence-electron chi connectivity index (χ0n) is 8.14. The molecular formula is C9H12N4OS. The number of nitrogens with one attached hydrogen (secondary N) is 1. The Morgan fingerprint density at radius 2 is 2.47 bits per heavy atom. The van der Waals surface area contributed by atoms with E-state index >= 15 is 0 Å². The van der Waals surface area contributed by atoms with E-state index in [2.05, 4.69) is 15.3 Å². The summed E-state index contributed by atoms with van der Waals surface area (Å²) in [5.74, 6) is 2.15. The van der Waals surface area contributed by atoms with Crippen molar-refractivity contribution < 1.29 is 4.79 Å². The molecule has 0 radical (unpaired) electrons. The average Bonchev–Trinajstić information content (AvgIpc) is 2.70. The zero-order valence-corrected chi connectivity index (χ0v) is 8.96. The summed E-state index contributed by atoms with van der Waals surface area (Å²) in [4.78, 5) is 19.4. The lowest BCUT2D eigenvalue weighted by Gasteiger charge is -2.10. The fourth-order valence-electron chi connectivity index (χ4n) is 1.40. The summed E-state index contributed by atoms with van der Waals surface area (Å²) in [5, 5.41) is 2.90. The van der Waals surface area contributed by atoms with Gasteiger partial charge in [0.15, 0.2) is 0 Å². The summed E-state index contributed by atoms with van der Waals surface area (Å²) in [5.41, 5.74) is 5.73. The molecule has 15 heavy (non-hydrogen) atoms. The summed E-state index contributed by atoms with van der Waals surface area (Å²) >= 11 is 1.85. The van der Waals surface area contributed by atoms with Gasteiger partial charge in [0.05, 0.1) is 12.4 Å². The number of rotatable bonds is 2. The van der Waals surface area contributed by atoms with Crippen molar-refractivity contribution >= 4 is 23.5 Å².